The maximum atomic E-state index is 13.5. The summed E-state index contributed by atoms with van der Waals surface area (Å²) in [5.41, 5.74) is 3.05. The van der Waals surface area contributed by atoms with E-state index in [4.69, 9.17) is 0 Å². The van der Waals surface area contributed by atoms with Crippen LogP contribution >= 0.6 is 0 Å². The Morgan fingerprint density at radius 1 is 0.667 bits per heavy atom. The molecule has 122 valence electrons. The van der Waals surface area contributed by atoms with Gasteiger partial charge in [0.05, 0.1) is 0 Å². The molecule has 0 saturated carbocycles. The second-order valence-electron chi connectivity index (χ2n) is 5.73. The molecule has 2 nitrogen and oxygen atoms in total. The molecule has 0 aliphatic rings. The van der Waals surface area contributed by atoms with Gasteiger partial charge in [-0.05, 0) is 41.0 Å². The third-order valence-electron chi connectivity index (χ3n) is 3.79. The van der Waals surface area contributed by atoms with E-state index in [1.165, 1.54) is 17.7 Å². The van der Waals surface area contributed by atoms with Gasteiger partial charge in [0.15, 0.2) is 11.6 Å². The SMILES string of the molecule is Fc1ccc(CN(Cc2ccccc2)Cc2ccncc2)cc1F. The van der Waals surface area contributed by atoms with Gasteiger partial charge in [-0.3, -0.25) is 9.88 Å². The fraction of sp³-hybridized carbons (Fsp3) is 0.150. The third-order valence-corrected chi connectivity index (χ3v) is 3.79. The van der Waals surface area contributed by atoms with Crippen molar-refractivity contribution in [2.75, 3.05) is 0 Å². The molecule has 0 N–H and O–H groups in total. The van der Waals surface area contributed by atoms with Crippen molar-refractivity contribution >= 4 is 0 Å². The zero-order chi connectivity index (χ0) is 16.8. The largest absolute Gasteiger partial charge is 0.291 e. The van der Waals surface area contributed by atoms with E-state index >= 15 is 0 Å². The normalized spacial score (nSPS) is 11.0. The van der Waals surface area contributed by atoms with E-state index < -0.39 is 11.6 Å². The first-order chi connectivity index (χ1) is 11.7. The summed E-state index contributed by atoms with van der Waals surface area (Å²) >= 11 is 0. The number of benzene rings is 2. The summed E-state index contributed by atoms with van der Waals surface area (Å²) in [6.07, 6.45) is 3.52. The Morgan fingerprint density at radius 2 is 1.29 bits per heavy atom. The number of hydrogen-bond donors (Lipinski definition) is 0. The van der Waals surface area contributed by atoms with Crippen molar-refractivity contribution in [2.45, 2.75) is 19.6 Å². The van der Waals surface area contributed by atoms with Gasteiger partial charge in [0.2, 0.25) is 0 Å². The molecule has 24 heavy (non-hydrogen) atoms. The Balaban J connectivity index is 1.79. The third kappa shape index (κ3) is 4.46. The average molecular weight is 324 g/mol. The highest BCUT2D eigenvalue weighted by atomic mass is 19.2. The zero-order valence-electron chi connectivity index (χ0n) is 13.2. The molecule has 1 heterocycles. The lowest BCUT2D eigenvalue weighted by Crippen LogP contribution is -2.22. The maximum Gasteiger partial charge on any atom is 0.159 e. The Labute approximate surface area is 140 Å². The van der Waals surface area contributed by atoms with Crippen LogP contribution in [0.5, 0.6) is 0 Å². The number of rotatable bonds is 6. The van der Waals surface area contributed by atoms with E-state index in [0.717, 1.165) is 17.7 Å². The minimum Gasteiger partial charge on any atom is -0.291 e. The molecular weight excluding hydrogens is 306 g/mol. The molecule has 0 aliphatic heterocycles. The molecule has 0 unspecified atom stereocenters. The van der Waals surface area contributed by atoms with Crippen LogP contribution in [0.4, 0.5) is 8.78 Å². The number of nitrogens with zero attached hydrogens (tertiary/aromatic N) is 2. The summed E-state index contributed by atoms with van der Waals surface area (Å²) < 4.78 is 26.6. The van der Waals surface area contributed by atoms with Crippen molar-refractivity contribution in [1.29, 1.82) is 0 Å². The topological polar surface area (TPSA) is 16.1 Å². The first-order valence-electron chi connectivity index (χ1n) is 7.80. The lowest BCUT2D eigenvalue weighted by Gasteiger charge is -2.23. The van der Waals surface area contributed by atoms with E-state index in [1.54, 1.807) is 18.5 Å². The molecule has 0 atom stereocenters. The van der Waals surface area contributed by atoms with E-state index in [0.29, 0.717) is 13.1 Å². The smallest absolute Gasteiger partial charge is 0.159 e. The van der Waals surface area contributed by atoms with Crippen LogP contribution in [0.1, 0.15) is 16.7 Å². The molecule has 2 aromatic carbocycles. The molecular formula is C20H18F2N2. The number of hydrogen-bond acceptors (Lipinski definition) is 2. The molecule has 0 radical (unpaired) electrons. The average Bonchev–Trinajstić information content (AvgIpc) is 2.60. The van der Waals surface area contributed by atoms with Gasteiger partial charge in [0.25, 0.3) is 0 Å². The summed E-state index contributed by atoms with van der Waals surface area (Å²) in [5, 5.41) is 0. The molecule has 0 aliphatic carbocycles. The first-order valence-corrected chi connectivity index (χ1v) is 7.80. The Hall–Kier alpha value is -2.59. The summed E-state index contributed by atoms with van der Waals surface area (Å²) in [6.45, 7) is 1.97. The Kier molecular flexibility index (Phi) is 5.29. The summed E-state index contributed by atoms with van der Waals surface area (Å²) in [6, 6.07) is 18.1. The molecule has 3 rings (SSSR count). The quantitative estimate of drug-likeness (QED) is 0.661. The molecule has 1 aromatic heterocycles. The number of aromatic nitrogens is 1. The van der Waals surface area contributed by atoms with Crippen molar-refractivity contribution in [1.82, 2.24) is 9.88 Å². The van der Waals surface area contributed by atoms with Crippen molar-refractivity contribution < 1.29 is 8.78 Å². The fourth-order valence-electron chi connectivity index (χ4n) is 2.65. The predicted octanol–water partition coefficient (Wildman–Crippen LogP) is 4.56. The lowest BCUT2D eigenvalue weighted by molar-refractivity contribution is 0.247. The van der Waals surface area contributed by atoms with Gasteiger partial charge in [-0.15, -0.1) is 0 Å². The summed E-state index contributed by atoms with van der Waals surface area (Å²) in [5.74, 6) is -1.63. The Bertz CT molecular complexity index is 735. The van der Waals surface area contributed by atoms with Gasteiger partial charge in [-0.1, -0.05) is 36.4 Å². The van der Waals surface area contributed by atoms with Crippen molar-refractivity contribution in [3.8, 4) is 0 Å². The standard InChI is InChI=1S/C20H18F2N2/c21-19-7-6-18(12-20(19)22)15-24(13-16-4-2-1-3-5-16)14-17-8-10-23-11-9-17/h1-12H,13-15H2. The second kappa shape index (κ2) is 7.79. The van der Waals surface area contributed by atoms with Crippen LogP contribution in [0.15, 0.2) is 73.1 Å². The summed E-state index contributed by atoms with van der Waals surface area (Å²) in [7, 11) is 0. The monoisotopic (exact) mass is 324 g/mol. The van der Waals surface area contributed by atoms with Crippen molar-refractivity contribution in [2.24, 2.45) is 0 Å². The van der Waals surface area contributed by atoms with Crippen LogP contribution in [0.3, 0.4) is 0 Å². The van der Waals surface area contributed by atoms with Gasteiger partial charge >= 0.3 is 0 Å². The van der Waals surface area contributed by atoms with Gasteiger partial charge in [-0.2, -0.15) is 0 Å². The molecule has 0 saturated heterocycles. The molecule has 0 fully saturated rings. The van der Waals surface area contributed by atoms with Crippen LogP contribution < -0.4 is 0 Å². The lowest BCUT2D eigenvalue weighted by atomic mass is 10.1. The van der Waals surface area contributed by atoms with Gasteiger partial charge in [-0.25, -0.2) is 8.78 Å². The van der Waals surface area contributed by atoms with Crippen LogP contribution in [0, 0.1) is 11.6 Å². The highest BCUT2D eigenvalue weighted by Gasteiger charge is 2.10. The van der Waals surface area contributed by atoms with E-state index in [1.807, 2.05) is 30.3 Å². The highest BCUT2D eigenvalue weighted by Crippen LogP contribution is 2.16. The fourth-order valence-corrected chi connectivity index (χ4v) is 2.65. The number of halogens is 2. The van der Waals surface area contributed by atoms with Crippen LogP contribution in [0.2, 0.25) is 0 Å². The first kappa shape index (κ1) is 16.3. The minimum absolute atomic E-state index is 0.536. The molecule has 0 bridgehead atoms. The van der Waals surface area contributed by atoms with Crippen molar-refractivity contribution in [3.63, 3.8) is 0 Å². The van der Waals surface area contributed by atoms with E-state index in [9.17, 15) is 8.78 Å². The molecule has 0 spiro atoms. The zero-order valence-corrected chi connectivity index (χ0v) is 13.2. The highest BCUT2D eigenvalue weighted by molar-refractivity contribution is 5.20. The molecule has 0 amide bonds. The van der Waals surface area contributed by atoms with Crippen LogP contribution in [-0.4, -0.2) is 9.88 Å². The minimum atomic E-state index is -0.817. The second-order valence-corrected chi connectivity index (χ2v) is 5.73. The maximum absolute atomic E-state index is 13.5. The van der Waals surface area contributed by atoms with Gasteiger partial charge in [0.1, 0.15) is 0 Å². The van der Waals surface area contributed by atoms with E-state index in [2.05, 4.69) is 22.0 Å². The number of pyridine rings is 1. The van der Waals surface area contributed by atoms with E-state index in [-0.39, 0.29) is 0 Å². The summed E-state index contributed by atoms with van der Waals surface area (Å²) in [4.78, 5) is 6.22. The van der Waals surface area contributed by atoms with Crippen molar-refractivity contribution in [3.05, 3.63) is 101 Å². The van der Waals surface area contributed by atoms with Crippen LogP contribution in [0.25, 0.3) is 0 Å². The predicted molar refractivity (Wildman–Crippen MR) is 90.0 cm³/mol. The van der Waals surface area contributed by atoms with Crippen LogP contribution in [-0.2, 0) is 19.6 Å². The van der Waals surface area contributed by atoms with Gasteiger partial charge < -0.3 is 0 Å². The van der Waals surface area contributed by atoms with Gasteiger partial charge in [0, 0.05) is 32.0 Å². The molecule has 3 aromatic rings. The Morgan fingerprint density at radius 3 is 1.96 bits per heavy atom. The molecule has 4 heteroatoms.